The van der Waals surface area contributed by atoms with Gasteiger partial charge in [0.25, 0.3) is 5.22 Å². The molecule has 0 saturated carbocycles. The molecule has 2 rings (SSSR count). The molecule has 104 valence electrons. The summed E-state index contributed by atoms with van der Waals surface area (Å²) in [4.78, 5) is 22.8. The molecule has 0 aliphatic carbocycles. The van der Waals surface area contributed by atoms with Gasteiger partial charge in [-0.1, -0.05) is 16.9 Å². The monoisotopic (exact) mass is 285 g/mol. The highest BCUT2D eigenvalue weighted by molar-refractivity contribution is 7.99. The van der Waals surface area contributed by atoms with Gasteiger partial charge in [0.05, 0.1) is 6.61 Å². The first-order valence-corrected chi connectivity index (χ1v) is 7.01. The van der Waals surface area contributed by atoms with Gasteiger partial charge in [0, 0.05) is 18.2 Å². The second-order valence-electron chi connectivity index (χ2n) is 4.03. The zero-order valence-corrected chi connectivity index (χ0v) is 11.4. The van der Waals surface area contributed by atoms with Crippen molar-refractivity contribution in [2.75, 3.05) is 13.2 Å². The Hall–Kier alpha value is -1.57. The highest BCUT2D eigenvalue weighted by atomic mass is 32.2. The Labute approximate surface area is 114 Å². The number of hydrogen-bond donors (Lipinski definition) is 1. The van der Waals surface area contributed by atoms with Gasteiger partial charge >= 0.3 is 11.9 Å². The quantitative estimate of drug-likeness (QED) is 0.825. The number of carbonyl (C=O) groups is 2. The average Bonchev–Trinajstić information content (AvgIpc) is 2.73. The van der Waals surface area contributed by atoms with E-state index >= 15 is 0 Å². The van der Waals surface area contributed by atoms with Crippen LogP contribution in [0.5, 0.6) is 0 Å². The Morgan fingerprint density at radius 1 is 1.58 bits per heavy atom. The Morgan fingerprint density at radius 2 is 2.42 bits per heavy atom. The lowest BCUT2D eigenvalue weighted by Crippen LogP contribution is -2.22. The standard InChI is InChI=1S/C11H15N3O4S/c1-2-17-10(16)9-13-14-11(18-9)19-7-4-3-5-12-8(15)6-7/h7H,2-6H2,1H3,(H,12,15). The second-order valence-corrected chi connectivity index (χ2v) is 5.28. The molecule has 0 aromatic carbocycles. The Kier molecular flexibility index (Phi) is 4.78. The van der Waals surface area contributed by atoms with E-state index < -0.39 is 5.97 Å². The Balaban J connectivity index is 1.95. The molecular weight excluding hydrogens is 270 g/mol. The smallest absolute Gasteiger partial charge is 0.396 e. The van der Waals surface area contributed by atoms with Crippen molar-refractivity contribution in [2.24, 2.45) is 0 Å². The van der Waals surface area contributed by atoms with E-state index in [0.29, 0.717) is 18.2 Å². The number of ether oxygens (including phenoxy) is 1. The number of amides is 1. The van der Waals surface area contributed by atoms with Crippen LogP contribution in [0.3, 0.4) is 0 Å². The maximum atomic E-state index is 11.4. The van der Waals surface area contributed by atoms with E-state index in [4.69, 9.17) is 9.15 Å². The Morgan fingerprint density at radius 3 is 3.21 bits per heavy atom. The number of carbonyl (C=O) groups excluding carboxylic acids is 2. The van der Waals surface area contributed by atoms with Crippen molar-refractivity contribution in [1.29, 1.82) is 0 Å². The lowest BCUT2D eigenvalue weighted by Gasteiger charge is -2.08. The molecule has 1 aromatic heterocycles. The summed E-state index contributed by atoms with van der Waals surface area (Å²) in [5.74, 6) is -0.747. The fraction of sp³-hybridized carbons (Fsp3) is 0.636. The normalized spacial score (nSPS) is 19.6. The van der Waals surface area contributed by atoms with Crippen molar-refractivity contribution in [2.45, 2.75) is 36.7 Å². The molecule has 1 amide bonds. The van der Waals surface area contributed by atoms with Gasteiger partial charge in [-0.3, -0.25) is 4.79 Å². The van der Waals surface area contributed by atoms with Gasteiger partial charge in [-0.25, -0.2) is 4.79 Å². The zero-order chi connectivity index (χ0) is 13.7. The van der Waals surface area contributed by atoms with Crippen molar-refractivity contribution in [3.8, 4) is 0 Å². The first-order valence-electron chi connectivity index (χ1n) is 6.13. The summed E-state index contributed by atoms with van der Waals surface area (Å²) in [6.07, 6.45) is 2.23. The fourth-order valence-electron chi connectivity index (χ4n) is 1.71. The summed E-state index contributed by atoms with van der Waals surface area (Å²) < 4.78 is 9.97. The predicted molar refractivity (Wildman–Crippen MR) is 66.8 cm³/mol. The molecule has 0 bridgehead atoms. The zero-order valence-electron chi connectivity index (χ0n) is 10.5. The van der Waals surface area contributed by atoms with Gasteiger partial charge in [0.1, 0.15) is 0 Å². The summed E-state index contributed by atoms with van der Waals surface area (Å²) in [6.45, 7) is 2.66. The third-order valence-corrected chi connectivity index (χ3v) is 3.66. The van der Waals surface area contributed by atoms with Crippen LogP contribution in [0.1, 0.15) is 36.9 Å². The Bertz CT molecular complexity index is 463. The van der Waals surface area contributed by atoms with Gasteiger partial charge in [-0.2, -0.15) is 0 Å². The number of thioether (sulfide) groups is 1. The van der Waals surface area contributed by atoms with Crippen molar-refractivity contribution in [1.82, 2.24) is 15.5 Å². The molecule has 1 atom stereocenters. The highest BCUT2D eigenvalue weighted by Gasteiger charge is 2.22. The van der Waals surface area contributed by atoms with Crippen molar-refractivity contribution >= 4 is 23.6 Å². The van der Waals surface area contributed by atoms with Crippen LogP contribution in [-0.2, 0) is 9.53 Å². The van der Waals surface area contributed by atoms with E-state index in [1.165, 1.54) is 11.8 Å². The van der Waals surface area contributed by atoms with Crippen LogP contribution in [0.15, 0.2) is 9.64 Å². The molecule has 8 heteroatoms. The summed E-state index contributed by atoms with van der Waals surface area (Å²) in [7, 11) is 0. The summed E-state index contributed by atoms with van der Waals surface area (Å²) in [5.41, 5.74) is 0. The lowest BCUT2D eigenvalue weighted by molar-refractivity contribution is -0.120. The fourth-order valence-corrected chi connectivity index (χ4v) is 2.73. The summed E-state index contributed by atoms with van der Waals surface area (Å²) in [6, 6.07) is 0. The maximum Gasteiger partial charge on any atom is 0.396 e. The molecule has 1 aliphatic heterocycles. The van der Waals surface area contributed by atoms with Gasteiger partial charge < -0.3 is 14.5 Å². The van der Waals surface area contributed by atoms with E-state index in [1.54, 1.807) is 6.92 Å². The molecule has 1 aromatic rings. The lowest BCUT2D eigenvalue weighted by atomic mass is 10.2. The molecular formula is C11H15N3O4S. The van der Waals surface area contributed by atoms with Crippen LogP contribution < -0.4 is 5.32 Å². The van der Waals surface area contributed by atoms with Gasteiger partial charge in [0.15, 0.2) is 0 Å². The number of nitrogens with zero attached hydrogens (tertiary/aromatic N) is 2. The first kappa shape index (κ1) is 13.9. The number of esters is 1. The predicted octanol–water partition coefficient (Wildman–Crippen LogP) is 1.01. The van der Waals surface area contributed by atoms with E-state index in [9.17, 15) is 9.59 Å². The van der Waals surface area contributed by atoms with Crippen LogP contribution in [0.2, 0.25) is 0 Å². The molecule has 1 saturated heterocycles. The third kappa shape index (κ3) is 3.95. The summed E-state index contributed by atoms with van der Waals surface area (Å²) >= 11 is 1.33. The molecule has 2 heterocycles. The molecule has 1 unspecified atom stereocenters. The molecule has 1 fully saturated rings. The van der Waals surface area contributed by atoms with Gasteiger partial charge in [-0.15, -0.1) is 5.10 Å². The van der Waals surface area contributed by atoms with Crippen LogP contribution in [0.4, 0.5) is 0 Å². The third-order valence-electron chi connectivity index (χ3n) is 2.56. The number of nitrogens with one attached hydrogen (secondary N) is 1. The molecule has 1 N–H and O–H groups in total. The van der Waals surface area contributed by atoms with E-state index in [1.807, 2.05) is 0 Å². The molecule has 19 heavy (non-hydrogen) atoms. The highest BCUT2D eigenvalue weighted by Crippen LogP contribution is 2.28. The van der Waals surface area contributed by atoms with Crippen molar-refractivity contribution in [3.63, 3.8) is 0 Å². The first-order chi connectivity index (χ1) is 9.19. The number of hydrogen-bond acceptors (Lipinski definition) is 7. The van der Waals surface area contributed by atoms with E-state index in [0.717, 1.165) is 12.8 Å². The SMILES string of the molecule is CCOC(=O)c1nnc(SC2CCCNC(=O)C2)o1. The van der Waals surface area contributed by atoms with E-state index in [2.05, 4.69) is 15.5 Å². The second kappa shape index (κ2) is 6.55. The minimum Gasteiger partial charge on any atom is -0.459 e. The van der Waals surface area contributed by atoms with Gasteiger partial charge in [-0.05, 0) is 19.8 Å². The average molecular weight is 285 g/mol. The molecule has 7 nitrogen and oxygen atoms in total. The minimum absolute atomic E-state index is 0.0279. The van der Waals surface area contributed by atoms with Gasteiger partial charge in [0.2, 0.25) is 5.91 Å². The molecule has 0 spiro atoms. The molecule has 0 radical (unpaired) electrons. The van der Waals surface area contributed by atoms with Crippen molar-refractivity contribution < 1.29 is 18.7 Å². The summed E-state index contributed by atoms with van der Waals surface area (Å²) in [5, 5.41) is 10.6. The number of aromatic nitrogens is 2. The van der Waals surface area contributed by atoms with Crippen LogP contribution in [0, 0.1) is 0 Å². The van der Waals surface area contributed by atoms with Crippen LogP contribution in [-0.4, -0.2) is 40.5 Å². The van der Waals surface area contributed by atoms with Crippen LogP contribution in [0.25, 0.3) is 0 Å². The van der Waals surface area contributed by atoms with Crippen molar-refractivity contribution in [3.05, 3.63) is 5.89 Å². The van der Waals surface area contributed by atoms with Crippen LogP contribution >= 0.6 is 11.8 Å². The molecule has 1 aliphatic rings. The maximum absolute atomic E-state index is 11.4. The van der Waals surface area contributed by atoms with E-state index in [-0.39, 0.29) is 23.7 Å². The minimum atomic E-state index is -0.625. The topological polar surface area (TPSA) is 94.3 Å². The number of rotatable bonds is 4. The largest absolute Gasteiger partial charge is 0.459 e.